The van der Waals surface area contributed by atoms with Gasteiger partial charge in [-0.05, 0) is 44.4 Å². The Hall–Kier alpha value is -3.34. The van der Waals surface area contributed by atoms with Gasteiger partial charge in [-0.15, -0.1) is 0 Å². The van der Waals surface area contributed by atoms with Crippen molar-refractivity contribution in [1.82, 2.24) is 10.9 Å². The summed E-state index contributed by atoms with van der Waals surface area (Å²) in [7, 11) is 0. The number of hydrazine groups is 1. The number of amides is 2. The lowest BCUT2D eigenvalue weighted by Crippen LogP contribution is -2.44. The zero-order valence-electron chi connectivity index (χ0n) is 20.4. The third-order valence-electron chi connectivity index (χ3n) is 5.58. The van der Waals surface area contributed by atoms with E-state index in [2.05, 4.69) is 58.5 Å². The topological polar surface area (TPSA) is 67.4 Å². The minimum Gasteiger partial charge on any atom is -0.483 e. The van der Waals surface area contributed by atoms with Crippen LogP contribution < -0.4 is 15.6 Å². The first kappa shape index (κ1) is 24.3. The average Bonchev–Trinajstić information content (AvgIpc) is 2.75. The first-order valence-electron chi connectivity index (χ1n) is 11.3. The van der Waals surface area contributed by atoms with E-state index in [-0.39, 0.29) is 29.8 Å². The molecule has 0 saturated carbocycles. The molecular formula is C28H34N2O3. The van der Waals surface area contributed by atoms with E-state index in [1.807, 2.05) is 54.6 Å². The molecule has 0 spiro atoms. The fourth-order valence-corrected chi connectivity index (χ4v) is 3.69. The highest BCUT2D eigenvalue weighted by molar-refractivity contribution is 5.91. The summed E-state index contributed by atoms with van der Waals surface area (Å²) in [5.74, 6) is -0.0293. The van der Waals surface area contributed by atoms with Crippen LogP contribution in [0.4, 0.5) is 0 Å². The van der Waals surface area contributed by atoms with Gasteiger partial charge in [0.1, 0.15) is 5.75 Å². The molecule has 2 N–H and O–H groups in total. The second kappa shape index (κ2) is 9.65. The van der Waals surface area contributed by atoms with Crippen molar-refractivity contribution >= 4 is 22.6 Å². The van der Waals surface area contributed by atoms with Crippen LogP contribution in [0.1, 0.15) is 58.2 Å². The number of hydrogen-bond donors (Lipinski definition) is 2. The molecule has 0 fully saturated rings. The number of carbonyl (C=O) groups is 2. The monoisotopic (exact) mass is 446 g/mol. The summed E-state index contributed by atoms with van der Waals surface area (Å²) in [4.78, 5) is 24.7. The molecule has 3 aromatic rings. The third-order valence-corrected chi connectivity index (χ3v) is 5.58. The molecule has 0 atom stereocenters. The van der Waals surface area contributed by atoms with Crippen LogP contribution in [0.3, 0.4) is 0 Å². The molecule has 3 rings (SSSR count). The van der Waals surface area contributed by atoms with Gasteiger partial charge < -0.3 is 4.74 Å². The lowest BCUT2D eigenvalue weighted by atomic mass is 9.80. The van der Waals surface area contributed by atoms with E-state index in [0.29, 0.717) is 5.75 Å². The normalized spacial score (nSPS) is 11.8. The van der Waals surface area contributed by atoms with Crippen LogP contribution in [0.5, 0.6) is 5.75 Å². The number of nitrogens with one attached hydrogen (secondary N) is 2. The number of carbonyl (C=O) groups excluding carboxylic acids is 2. The molecule has 5 heteroatoms. The molecule has 3 aromatic carbocycles. The molecule has 0 aliphatic carbocycles. The summed E-state index contributed by atoms with van der Waals surface area (Å²) in [6.45, 7) is 12.7. The Balaban J connectivity index is 1.59. The highest BCUT2D eigenvalue weighted by Crippen LogP contribution is 2.35. The molecule has 5 nitrogen and oxygen atoms in total. The molecule has 33 heavy (non-hydrogen) atoms. The number of rotatable bonds is 5. The standard InChI is InChI=1S/C28H34N2O3/c1-27(2,3)21-14-15-24(23(17-21)28(4,5)6)33-18-26(32)30-29-25(31)16-20-12-9-11-19-10-7-8-13-22(19)20/h7-15,17H,16,18H2,1-6H3,(H,29,31)(H,30,32). The zero-order chi connectivity index (χ0) is 24.2. The molecule has 0 aromatic heterocycles. The Bertz CT molecular complexity index is 1150. The van der Waals surface area contributed by atoms with Crippen LogP contribution in [-0.2, 0) is 26.8 Å². The van der Waals surface area contributed by atoms with Crippen molar-refractivity contribution in [2.75, 3.05) is 6.61 Å². The summed E-state index contributed by atoms with van der Waals surface area (Å²) in [5.41, 5.74) is 7.98. The molecule has 0 bridgehead atoms. The molecule has 0 saturated heterocycles. The summed E-state index contributed by atoms with van der Waals surface area (Å²) in [5, 5.41) is 2.10. The van der Waals surface area contributed by atoms with E-state index in [1.54, 1.807) is 0 Å². The lowest BCUT2D eigenvalue weighted by molar-refractivity contribution is -0.129. The second-order valence-corrected chi connectivity index (χ2v) is 10.4. The number of fused-ring (bicyclic) bond motifs is 1. The summed E-state index contributed by atoms with van der Waals surface area (Å²) >= 11 is 0. The predicted octanol–water partition coefficient (Wildman–Crippen LogP) is 5.20. The van der Waals surface area contributed by atoms with Gasteiger partial charge in [-0.2, -0.15) is 0 Å². The van der Waals surface area contributed by atoms with E-state index in [1.165, 1.54) is 5.56 Å². The lowest BCUT2D eigenvalue weighted by Gasteiger charge is -2.27. The fourth-order valence-electron chi connectivity index (χ4n) is 3.69. The molecule has 0 unspecified atom stereocenters. The Kier molecular flexibility index (Phi) is 7.11. The van der Waals surface area contributed by atoms with Gasteiger partial charge in [-0.25, -0.2) is 0 Å². The molecule has 0 heterocycles. The summed E-state index contributed by atoms with van der Waals surface area (Å²) in [6, 6.07) is 19.9. The van der Waals surface area contributed by atoms with Gasteiger partial charge in [0.05, 0.1) is 6.42 Å². The van der Waals surface area contributed by atoms with Crippen molar-refractivity contribution in [2.45, 2.75) is 58.8 Å². The van der Waals surface area contributed by atoms with Crippen LogP contribution >= 0.6 is 0 Å². The van der Waals surface area contributed by atoms with Gasteiger partial charge in [-0.3, -0.25) is 20.4 Å². The molecule has 0 aliphatic heterocycles. The molecule has 2 amide bonds. The van der Waals surface area contributed by atoms with Gasteiger partial charge in [0.2, 0.25) is 5.91 Å². The largest absolute Gasteiger partial charge is 0.483 e. The van der Waals surface area contributed by atoms with Crippen LogP contribution in [0, 0.1) is 0 Å². The maximum atomic E-state index is 12.4. The average molecular weight is 447 g/mol. The highest BCUT2D eigenvalue weighted by Gasteiger charge is 2.23. The third kappa shape index (κ3) is 6.35. The quantitative estimate of drug-likeness (QED) is 0.529. The van der Waals surface area contributed by atoms with Crippen LogP contribution in [0.15, 0.2) is 60.7 Å². The van der Waals surface area contributed by atoms with Crippen molar-refractivity contribution in [2.24, 2.45) is 0 Å². The SMILES string of the molecule is CC(C)(C)c1ccc(OCC(=O)NNC(=O)Cc2cccc3ccccc23)c(C(C)(C)C)c1. The molecule has 0 radical (unpaired) electrons. The van der Waals surface area contributed by atoms with Gasteiger partial charge in [-0.1, -0.05) is 96.1 Å². The minimum absolute atomic E-state index is 0.0181. The van der Waals surface area contributed by atoms with Crippen molar-refractivity contribution in [1.29, 1.82) is 0 Å². The molecule has 0 aliphatic rings. The Morgan fingerprint density at radius 2 is 1.45 bits per heavy atom. The van der Waals surface area contributed by atoms with Gasteiger partial charge in [0.15, 0.2) is 6.61 Å². The van der Waals surface area contributed by atoms with Crippen molar-refractivity contribution in [3.63, 3.8) is 0 Å². The highest BCUT2D eigenvalue weighted by atomic mass is 16.5. The van der Waals surface area contributed by atoms with E-state index < -0.39 is 5.91 Å². The van der Waals surface area contributed by atoms with Gasteiger partial charge in [0, 0.05) is 0 Å². The van der Waals surface area contributed by atoms with E-state index in [4.69, 9.17) is 4.74 Å². The Labute approximate surface area is 196 Å². The van der Waals surface area contributed by atoms with Gasteiger partial charge >= 0.3 is 0 Å². The summed E-state index contributed by atoms with van der Waals surface area (Å²) < 4.78 is 5.84. The number of hydrogen-bond acceptors (Lipinski definition) is 3. The van der Waals surface area contributed by atoms with Crippen LogP contribution in [-0.4, -0.2) is 18.4 Å². The van der Waals surface area contributed by atoms with Crippen LogP contribution in [0.25, 0.3) is 10.8 Å². The van der Waals surface area contributed by atoms with E-state index in [9.17, 15) is 9.59 Å². The first-order chi connectivity index (χ1) is 15.4. The van der Waals surface area contributed by atoms with Crippen LogP contribution in [0.2, 0.25) is 0 Å². The first-order valence-corrected chi connectivity index (χ1v) is 11.3. The van der Waals surface area contributed by atoms with Crippen molar-refractivity contribution in [3.8, 4) is 5.75 Å². The maximum absolute atomic E-state index is 12.4. The van der Waals surface area contributed by atoms with E-state index >= 15 is 0 Å². The predicted molar refractivity (Wildman–Crippen MR) is 133 cm³/mol. The van der Waals surface area contributed by atoms with Gasteiger partial charge in [0.25, 0.3) is 5.91 Å². The van der Waals surface area contributed by atoms with Crippen molar-refractivity contribution < 1.29 is 14.3 Å². The summed E-state index contributed by atoms with van der Waals surface area (Å²) in [6.07, 6.45) is 0.172. The van der Waals surface area contributed by atoms with Crippen molar-refractivity contribution in [3.05, 3.63) is 77.4 Å². The molecule has 174 valence electrons. The number of ether oxygens (including phenoxy) is 1. The molecular weight excluding hydrogens is 412 g/mol. The smallest absolute Gasteiger partial charge is 0.276 e. The zero-order valence-corrected chi connectivity index (χ0v) is 20.4. The Morgan fingerprint density at radius 1 is 0.788 bits per heavy atom. The second-order valence-electron chi connectivity index (χ2n) is 10.4. The van der Waals surface area contributed by atoms with E-state index in [0.717, 1.165) is 21.9 Å². The fraction of sp³-hybridized carbons (Fsp3) is 0.357. The minimum atomic E-state index is -0.416. The maximum Gasteiger partial charge on any atom is 0.276 e. The Morgan fingerprint density at radius 3 is 2.15 bits per heavy atom. The number of benzene rings is 3.